The minimum Gasteiger partial charge on any atom is -0.497 e. The van der Waals surface area contributed by atoms with E-state index in [2.05, 4.69) is 15.0 Å². The SMILES string of the molecule is COc1ccc2nc(Cc3cc(C(F)(F)c4ccc(F)cc4)nc(Cl)n3)sc2c1. The second-order valence-corrected chi connectivity index (χ2v) is 7.67. The highest BCUT2D eigenvalue weighted by molar-refractivity contribution is 7.18. The Morgan fingerprint density at radius 1 is 1.03 bits per heavy atom. The van der Waals surface area contributed by atoms with Gasteiger partial charge >= 0.3 is 5.92 Å². The lowest BCUT2D eigenvalue weighted by Gasteiger charge is -2.17. The molecule has 0 radical (unpaired) electrons. The summed E-state index contributed by atoms with van der Waals surface area (Å²) in [5.74, 6) is -3.34. The molecule has 4 aromatic rings. The summed E-state index contributed by atoms with van der Waals surface area (Å²) in [5.41, 5.74) is 0.157. The second-order valence-electron chi connectivity index (χ2n) is 6.21. The third-order valence-electron chi connectivity index (χ3n) is 4.25. The molecule has 2 aromatic heterocycles. The van der Waals surface area contributed by atoms with Crippen molar-refractivity contribution in [2.45, 2.75) is 12.3 Å². The molecule has 0 aliphatic heterocycles. The van der Waals surface area contributed by atoms with Crippen molar-refractivity contribution < 1.29 is 17.9 Å². The molecule has 0 saturated carbocycles. The highest BCUT2D eigenvalue weighted by atomic mass is 35.5. The largest absolute Gasteiger partial charge is 0.497 e. The van der Waals surface area contributed by atoms with Gasteiger partial charge in [0.2, 0.25) is 5.28 Å². The van der Waals surface area contributed by atoms with Gasteiger partial charge in [0, 0.05) is 12.0 Å². The van der Waals surface area contributed by atoms with Gasteiger partial charge in [-0.2, -0.15) is 8.78 Å². The zero-order valence-electron chi connectivity index (χ0n) is 15.0. The Morgan fingerprint density at radius 2 is 1.79 bits per heavy atom. The van der Waals surface area contributed by atoms with Crippen LogP contribution < -0.4 is 4.74 Å². The number of fused-ring (bicyclic) bond motifs is 1. The van der Waals surface area contributed by atoms with E-state index in [0.29, 0.717) is 16.5 Å². The smallest absolute Gasteiger partial charge is 0.315 e. The van der Waals surface area contributed by atoms with E-state index in [0.717, 1.165) is 34.5 Å². The van der Waals surface area contributed by atoms with Gasteiger partial charge in [0.05, 0.1) is 28.0 Å². The molecule has 2 aromatic carbocycles. The lowest BCUT2D eigenvalue weighted by Crippen LogP contribution is -2.18. The van der Waals surface area contributed by atoms with E-state index in [1.165, 1.54) is 17.4 Å². The van der Waals surface area contributed by atoms with Crippen molar-refractivity contribution in [1.29, 1.82) is 0 Å². The maximum atomic E-state index is 14.9. The Bertz CT molecular complexity index is 1180. The maximum Gasteiger partial charge on any atom is 0.315 e. The number of rotatable bonds is 5. The molecule has 0 fully saturated rings. The topological polar surface area (TPSA) is 47.9 Å². The average molecular weight is 436 g/mol. The van der Waals surface area contributed by atoms with Crippen LogP contribution in [0.25, 0.3) is 10.2 Å². The summed E-state index contributed by atoms with van der Waals surface area (Å²) in [4.78, 5) is 12.2. The van der Waals surface area contributed by atoms with Gasteiger partial charge in [0.25, 0.3) is 0 Å². The molecule has 0 amide bonds. The molecule has 2 heterocycles. The van der Waals surface area contributed by atoms with Crippen LogP contribution in [0.4, 0.5) is 13.2 Å². The first-order chi connectivity index (χ1) is 13.8. The molecule has 0 atom stereocenters. The highest BCUT2D eigenvalue weighted by Gasteiger charge is 2.36. The fraction of sp³-hybridized carbons (Fsp3) is 0.150. The number of ether oxygens (including phenoxy) is 1. The molecule has 9 heteroatoms. The second kappa shape index (κ2) is 7.61. The third-order valence-corrected chi connectivity index (χ3v) is 5.44. The van der Waals surface area contributed by atoms with E-state index in [1.807, 2.05) is 12.1 Å². The Kier molecular flexibility index (Phi) is 5.14. The van der Waals surface area contributed by atoms with Crippen LogP contribution in [-0.2, 0) is 12.3 Å². The van der Waals surface area contributed by atoms with Crippen molar-refractivity contribution >= 4 is 33.2 Å². The van der Waals surface area contributed by atoms with Crippen molar-refractivity contribution in [3.8, 4) is 5.75 Å². The summed E-state index contributed by atoms with van der Waals surface area (Å²) in [7, 11) is 1.58. The molecule has 0 unspecified atom stereocenters. The first-order valence-electron chi connectivity index (χ1n) is 8.46. The fourth-order valence-electron chi connectivity index (χ4n) is 2.83. The predicted molar refractivity (Wildman–Crippen MR) is 105 cm³/mol. The number of hydrogen-bond donors (Lipinski definition) is 0. The normalized spacial score (nSPS) is 11.8. The van der Waals surface area contributed by atoms with Crippen LogP contribution in [0.3, 0.4) is 0 Å². The number of nitrogens with zero attached hydrogens (tertiary/aromatic N) is 3. The van der Waals surface area contributed by atoms with Crippen LogP contribution in [0.2, 0.25) is 5.28 Å². The monoisotopic (exact) mass is 435 g/mol. The molecule has 0 N–H and O–H groups in total. The molecule has 4 rings (SSSR count). The summed E-state index contributed by atoms with van der Waals surface area (Å²) < 4.78 is 48.9. The molecule has 29 heavy (non-hydrogen) atoms. The van der Waals surface area contributed by atoms with Gasteiger partial charge in [0.1, 0.15) is 17.3 Å². The van der Waals surface area contributed by atoms with Crippen molar-refractivity contribution in [1.82, 2.24) is 15.0 Å². The number of aromatic nitrogens is 3. The third kappa shape index (κ3) is 4.04. The number of thiazole rings is 1. The van der Waals surface area contributed by atoms with Gasteiger partial charge in [-0.3, -0.25) is 0 Å². The molecular formula is C20H13ClF3N3OS. The molecule has 0 aliphatic rings. The van der Waals surface area contributed by atoms with E-state index in [-0.39, 0.29) is 17.3 Å². The first-order valence-corrected chi connectivity index (χ1v) is 9.66. The van der Waals surface area contributed by atoms with E-state index < -0.39 is 17.4 Å². The van der Waals surface area contributed by atoms with E-state index in [4.69, 9.17) is 16.3 Å². The molecule has 4 nitrogen and oxygen atoms in total. The fourth-order valence-corrected chi connectivity index (χ4v) is 4.04. The maximum absolute atomic E-state index is 14.9. The van der Waals surface area contributed by atoms with E-state index in [1.54, 1.807) is 13.2 Å². The quantitative estimate of drug-likeness (QED) is 0.382. The van der Waals surface area contributed by atoms with E-state index >= 15 is 0 Å². The summed E-state index contributed by atoms with van der Waals surface area (Å²) >= 11 is 7.32. The van der Waals surface area contributed by atoms with E-state index in [9.17, 15) is 13.2 Å². The summed E-state index contributed by atoms with van der Waals surface area (Å²) in [5, 5.41) is 0.404. The zero-order valence-corrected chi connectivity index (χ0v) is 16.6. The van der Waals surface area contributed by atoms with Crippen LogP contribution in [0.5, 0.6) is 5.75 Å². The molecule has 0 saturated heterocycles. The lowest BCUT2D eigenvalue weighted by atomic mass is 10.0. The van der Waals surface area contributed by atoms with Crippen LogP contribution in [0, 0.1) is 5.82 Å². The van der Waals surface area contributed by atoms with Crippen molar-refractivity contribution in [3.05, 3.63) is 81.6 Å². The summed E-state index contributed by atoms with van der Waals surface area (Å²) in [6.07, 6.45) is 0.219. The number of alkyl halides is 2. The minimum atomic E-state index is -3.45. The van der Waals surface area contributed by atoms with Crippen molar-refractivity contribution in [3.63, 3.8) is 0 Å². The molecule has 148 valence electrons. The number of benzene rings is 2. The molecule has 0 bridgehead atoms. The van der Waals surface area contributed by atoms with Gasteiger partial charge in [0.15, 0.2) is 0 Å². The summed E-state index contributed by atoms with van der Waals surface area (Å²) in [6.45, 7) is 0. The predicted octanol–water partition coefficient (Wildman–Crippen LogP) is 5.62. The van der Waals surface area contributed by atoms with Crippen molar-refractivity contribution in [2.24, 2.45) is 0 Å². The van der Waals surface area contributed by atoms with Crippen LogP contribution in [0.1, 0.15) is 22.0 Å². The molecule has 0 aliphatic carbocycles. The molecular weight excluding hydrogens is 423 g/mol. The first kappa shape index (κ1) is 19.6. The Hall–Kier alpha value is -2.71. The van der Waals surface area contributed by atoms with Gasteiger partial charge < -0.3 is 4.74 Å². The van der Waals surface area contributed by atoms with Gasteiger partial charge in [-0.05, 0) is 60.1 Å². The van der Waals surface area contributed by atoms with Crippen LogP contribution in [-0.4, -0.2) is 22.1 Å². The molecule has 0 spiro atoms. The Balaban J connectivity index is 1.67. The van der Waals surface area contributed by atoms with Crippen LogP contribution >= 0.6 is 22.9 Å². The van der Waals surface area contributed by atoms with Crippen molar-refractivity contribution in [2.75, 3.05) is 7.11 Å². The zero-order chi connectivity index (χ0) is 20.6. The Labute approximate surface area is 173 Å². The number of halogens is 4. The average Bonchev–Trinajstić information content (AvgIpc) is 3.09. The highest BCUT2D eigenvalue weighted by Crippen LogP contribution is 2.35. The Morgan fingerprint density at radius 3 is 2.52 bits per heavy atom. The van der Waals surface area contributed by atoms with Gasteiger partial charge in [-0.25, -0.2) is 19.3 Å². The number of methoxy groups -OCH3 is 1. The number of hydrogen-bond acceptors (Lipinski definition) is 5. The van der Waals surface area contributed by atoms with Crippen LogP contribution in [0.15, 0.2) is 48.5 Å². The lowest BCUT2D eigenvalue weighted by molar-refractivity contribution is 0.0377. The van der Waals surface area contributed by atoms with Gasteiger partial charge in [-0.1, -0.05) is 0 Å². The summed E-state index contributed by atoms with van der Waals surface area (Å²) in [6, 6.07) is 10.7. The standard InChI is InChI=1S/C20H13ClF3N3OS/c1-28-14-6-7-15-16(10-14)29-18(26-15)9-13-8-17(27-19(21)25-13)20(23,24)11-2-4-12(22)5-3-11/h2-8,10H,9H2,1H3. The van der Waals surface area contributed by atoms with Gasteiger partial charge in [-0.15, -0.1) is 11.3 Å². The minimum absolute atomic E-state index is 0.219.